The number of halogens is 1. The number of rotatable bonds is 3. The molecule has 164 valence electrons. The standard InChI is InChI=1S/C20H20ClN3O5S2/c1-30(26,27)14-7-8-15(21)16(12-14)22-20(25)13-6-9-17-18(11-13)31(28,29)23-19-5-3-2-4-10-24(17)19/h6-9,11-12H,2-5,10H2,1H3,(H,22,25). The van der Waals surface area contributed by atoms with Crippen molar-refractivity contribution >= 4 is 54.6 Å². The van der Waals surface area contributed by atoms with Gasteiger partial charge in [0.05, 0.1) is 21.3 Å². The lowest BCUT2D eigenvalue weighted by atomic mass is 10.1. The highest BCUT2D eigenvalue weighted by molar-refractivity contribution is 7.91. The molecule has 2 aliphatic rings. The number of amidine groups is 1. The van der Waals surface area contributed by atoms with Crippen LogP contribution in [0.1, 0.15) is 36.0 Å². The van der Waals surface area contributed by atoms with Gasteiger partial charge in [-0.15, -0.1) is 4.40 Å². The molecule has 0 saturated carbocycles. The van der Waals surface area contributed by atoms with Crippen molar-refractivity contribution in [3.63, 3.8) is 0 Å². The lowest BCUT2D eigenvalue weighted by Crippen LogP contribution is -2.35. The number of sulfonamides is 1. The van der Waals surface area contributed by atoms with E-state index in [2.05, 4.69) is 9.71 Å². The fourth-order valence-corrected chi connectivity index (χ4v) is 5.74. The van der Waals surface area contributed by atoms with Crippen LogP contribution in [0.25, 0.3) is 0 Å². The molecule has 1 amide bonds. The van der Waals surface area contributed by atoms with Gasteiger partial charge in [0, 0.05) is 24.8 Å². The number of anilines is 2. The second-order valence-corrected chi connectivity index (χ2v) is 11.5. The Hall–Kier alpha value is -2.43. The fraction of sp³-hybridized carbons (Fsp3) is 0.300. The minimum atomic E-state index is -3.93. The van der Waals surface area contributed by atoms with Crippen molar-refractivity contribution in [1.29, 1.82) is 0 Å². The first kappa shape index (κ1) is 21.8. The number of carbonyl (C=O) groups excluding carboxylic acids is 1. The van der Waals surface area contributed by atoms with E-state index in [9.17, 15) is 21.6 Å². The Bertz CT molecular complexity index is 1320. The SMILES string of the molecule is CS(=O)(=O)c1ccc(Cl)c(NC(=O)c2ccc3c(c2)S(=O)(=O)N=C2CCCCCN23)c1. The summed E-state index contributed by atoms with van der Waals surface area (Å²) in [6.45, 7) is 0.667. The van der Waals surface area contributed by atoms with E-state index < -0.39 is 25.8 Å². The van der Waals surface area contributed by atoms with Gasteiger partial charge in [0.2, 0.25) is 0 Å². The molecule has 0 radical (unpaired) electrons. The van der Waals surface area contributed by atoms with Crippen LogP contribution >= 0.6 is 11.6 Å². The van der Waals surface area contributed by atoms with Gasteiger partial charge >= 0.3 is 0 Å². The van der Waals surface area contributed by atoms with E-state index >= 15 is 0 Å². The van der Waals surface area contributed by atoms with Gasteiger partial charge < -0.3 is 10.2 Å². The zero-order valence-electron chi connectivity index (χ0n) is 16.6. The van der Waals surface area contributed by atoms with Crippen molar-refractivity contribution in [2.75, 3.05) is 23.0 Å². The summed E-state index contributed by atoms with van der Waals surface area (Å²) in [6, 6.07) is 8.41. The van der Waals surface area contributed by atoms with Gasteiger partial charge in [-0.2, -0.15) is 8.42 Å². The second kappa shape index (κ2) is 7.92. The van der Waals surface area contributed by atoms with Crippen LogP contribution in [0, 0.1) is 0 Å². The molecule has 0 spiro atoms. The Morgan fingerprint density at radius 1 is 1.13 bits per heavy atom. The Kier molecular flexibility index (Phi) is 5.57. The molecular weight excluding hydrogens is 462 g/mol. The first-order valence-corrected chi connectivity index (χ1v) is 13.3. The van der Waals surface area contributed by atoms with E-state index in [0.717, 1.165) is 25.5 Å². The van der Waals surface area contributed by atoms with E-state index in [0.29, 0.717) is 24.5 Å². The third-order valence-electron chi connectivity index (χ3n) is 5.22. The summed E-state index contributed by atoms with van der Waals surface area (Å²) >= 11 is 6.10. The normalized spacial score (nSPS) is 17.7. The molecule has 0 unspecified atom stereocenters. The van der Waals surface area contributed by atoms with Crippen LogP contribution in [0.4, 0.5) is 11.4 Å². The molecule has 8 nitrogen and oxygen atoms in total. The molecule has 2 aromatic carbocycles. The third-order valence-corrected chi connectivity index (χ3v) is 8.00. The molecule has 1 saturated heterocycles. The highest BCUT2D eigenvalue weighted by atomic mass is 35.5. The van der Waals surface area contributed by atoms with Crippen LogP contribution in [0.15, 0.2) is 50.6 Å². The number of benzene rings is 2. The average molecular weight is 482 g/mol. The van der Waals surface area contributed by atoms with E-state index in [4.69, 9.17) is 11.6 Å². The molecule has 0 atom stereocenters. The van der Waals surface area contributed by atoms with Crippen molar-refractivity contribution in [2.45, 2.75) is 35.5 Å². The maximum atomic E-state index is 12.8. The number of nitrogens with one attached hydrogen (secondary N) is 1. The summed E-state index contributed by atoms with van der Waals surface area (Å²) in [7, 11) is -7.42. The zero-order chi connectivity index (χ0) is 22.4. The highest BCUT2D eigenvalue weighted by Crippen LogP contribution is 2.35. The summed E-state index contributed by atoms with van der Waals surface area (Å²) in [5.41, 5.74) is 0.722. The number of sulfone groups is 1. The average Bonchev–Trinajstić information content (AvgIpc) is 2.93. The van der Waals surface area contributed by atoms with E-state index in [-0.39, 0.29) is 26.1 Å². The molecule has 0 aliphatic carbocycles. The number of nitrogens with zero attached hydrogens (tertiary/aromatic N) is 2. The Morgan fingerprint density at radius 2 is 1.90 bits per heavy atom. The molecule has 4 rings (SSSR count). The van der Waals surface area contributed by atoms with Crippen LogP contribution < -0.4 is 10.2 Å². The molecule has 11 heteroatoms. The maximum absolute atomic E-state index is 12.8. The molecule has 1 N–H and O–H groups in total. The molecule has 0 aromatic heterocycles. The Labute approximate surface area is 185 Å². The van der Waals surface area contributed by atoms with Crippen LogP contribution in [0.2, 0.25) is 5.02 Å². The monoisotopic (exact) mass is 481 g/mol. The molecule has 2 aliphatic heterocycles. The van der Waals surface area contributed by atoms with Gasteiger partial charge in [-0.1, -0.05) is 18.0 Å². The quantitative estimate of drug-likeness (QED) is 0.718. The number of amides is 1. The minimum absolute atomic E-state index is 0.00301. The summed E-state index contributed by atoms with van der Waals surface area (Å²) in [5, 5.41) is 2.72. The first-order chi connectivity index (χ1) is 14.6. The van der Waals surface area contributed by atoms with Gasteiger partial charge in [-0.05, 0) is 49.2 Å². The Balaban J connectivity index is 1.69. The first-order valence-electron chi connectivity index (χ1n) is 9.63. The molecule has 1 fully saturated rings. The summed E-state index contributed by atoms with van der Waals surface area (Å²) in [4.78, 5) is 14.7. The van der Waals surface area contributed by atoms with Crippen LogP contribution in [-0.2, 0) is 19.9 Å². The van der Waals surface area contributed by atoms with Gasteiger partial charge in [0.1, 0.15) is 10.7 Å². The van der Waals surface area contributed by atoms with Crippen molar-refractivity contribution in [1.82, 2.24) is 0 Å². The summed E-state index contributed by atoms with van der Waals surface area (Å²) in [6.07, 6.45) is 4.45. The van der Waals surface area contributed by atoms with Gasteiger partial charge in [-0.25, -0.2) is 8.42 Å². The highest BCUT2D eigenvalue weighted by Gasteiger charge is 2.32. The molecule has 0 bridgehead atoms. The van der Waals surface area contributed by atoms with E-state index in [1.807, 2.05) is 4.90 Å². The largest absolute Gasteiger partial charge is 0.328 e. The van der Waals surface area contributed by atoms with Gasteiger partial charge in [-0.3, -0.25) is 4.79 Å². The number of carbonyl (C=O) groups is 1. The summed E-state index contributed by atoms with van der Waals surface area (Å²) in [5.74, 6) is -0.0808. The van der Waals surface area contributed by atoms with Crippen LogP contribution in [0.3, 0.4) is 0 Å². The molecule has 2 aromatic rings. The number of fused-ring (bicyclic) bond motifs is 3. The smallest absolute Gasteiger partial charge is 0.286 e. The predicted octanol–water partition coefficient (Wildman–Crippen LogP) is 3.48. The molecule has 31 heavy (non-hydrogen) atoms. The fourth-order valence-electron chi connectivity index (χ4n) is 3.65. The number of hydrogen-bond donors (Lipinski definition) is 1. The lowest BCUT2D eigenvalue weighted by Gasteiger charge is -2.29. The zero-order valence-corrected chi connectivity index (χ0v) is 19.0. The molecular formula is C20H20ClN3O5S2. The van der Waals surface area contributed by atoms with Crippen LogP contribution in [0.5, 0.6) is 0 Å². The second-order valence-electron chi connectivity index (χ2n) is 7.50. The van der Waals surface area contributed by atoms with Crippen molar-refractivity contribution < 1.29 is 21.6 Å². The predicted molar refractivity (Wildman–Crippen MR) is 119 cm³/mol. The number of hydrogen-bond acceptors (Lipinski definition) is 6. The third kappa shape index (κ3) is 4.32. The van der Waals surface area contributed by atoms with Gasteiger partial charge in [0.25, 0.3) is 15.9 Å². The lowest BCUT2D eigenvalue weighted by molar-refractivity contribution is 0.102. The van der Waals surface area contributed by atoms with E-state index in [1.165, 1.54) is 30.3 Å². The van der Waals surface area contributed by atoms with E-state index in [1.54, 1.807) is 6.07 Å². The topological polar surface area (TPSA) is 113 Å². The Morgan fingerprint density at radius 3 is 2.65 bits per heavy atom. The maximum Gasteiger partial charge on any atom is 0.286 e. The minimum Gasteiger partial charge on any atom is -0.328 e. The van der Waals surface area contributed by atoms with Crippen molar-refractivity contribution in [2.24, 2.45) is 4.40 Å². The van der Waals surface area contributed by atoms with Crippen molar-refractivity contribution in [3.05, 3.63) is 47.0 Å². The summed E-state index contributed by atoms with van der Waals surface area (Å²) < 4.78 is 53.0. The van der Waals surface area contributed by atoms with Crippen molar-refractivity contribution in [3.8, 4) is 0 Å². The van der Waals surface area contributed by atoms with Crippen LogP contribution in [-0.4, -0.2) is 41.4 Å². The molecule has 2 heterocycles. The van der Waals surface area contributed by atoms with Gasteiger partial charge in [0.15, 0.2) is 9.84 Å².